The van der Waals surface area contributed by atoms with E-state index in [0.717, 1.165) is 30.3 Å². The number of halogens is 2. The van der Waals surface area contributed by atoms with Gasteiger partial charge in [0.05, 0.1) is 29.3 Å². The van der Waals surface area contributed by atoms with Crippen LogP contribution >= 0.6 is 0 Å². The molecule has 0 amide bonds. The Morgan fingerprint density at radius 1 is 1.03 bits per heavy atom. The lowest BCUT2D eigenvalue weighted by Crippen LogP contribution is -2.09. The van der Waals surface area contributed by atoms with Gasteiger partial charge in [-0.05, 0) is 6.42 Å². The molecule has 0 bridgehead atoms. The lowest BCUT2D eigenvalue weighted by molar-refractivity contribution is 0.510. The van der Waals surface area contributed by atoms with Crippen LogP contribution in [0.4, 0.5) is 14.6 Å². The zero-order valence-corrected chi connectivity index (χ0v) is 16.0. The van der Waals surface area contributed by atoms with Crippen LogP contribution in [0.3, 0.4) is 0 Å². The Hall–Kier alpha value is -3.81. The molecule has 5 aromatic rings. The van der Waals surface area contributed by atoms with Crippen molar-refractivity contribution >= 4 is 22.5 Å². The minimum atomic E-state index is -0.929. The van der Waals surface area contributed by atoms with Gasteiger partial charge in [-0.25, -0.2) is 23.7 Å². The minimum absolute atomic E-state index is 0.355. The molecule has 0 saturated heterocycles. The van der Waals surface area contributed by atoms with Gasteiger partial charge in [-0.1, -0.05) is 30.3 Å². The average molecular weight is 404 g/mol. The standard InChI is InChI=1S/C22H18F2N6/c23-16-11-18-19(12-17(16)24)30-20(15-5-2-1-3-6-15)13-27-22(30)21(28-18)26-7-4-9-29-10-8-25-14-29/h1-3,5-6,8,10-14H,4,7,9H2,(H,26,28). The fourth-order valence-electron chi connectivity index (χ4n) is 3.55. The number of nitrogens with zero attached hydrogens (tertiary/aromatic N) is 5. The van der Waals surface area contributed by atoms with Crippen LogP contribution in [0.5, 0.6) is 0 Å². The Bertz CT molecular complexity index is 1310. The first-order chi connectivity index (χ1) is 14.7. The Kier molecular flexibility index (Phi) is 4.59. The van der Waals surface area contributed by atoms with Gasteiger partial charge < -0.3 is 9.88 Å². The molecule has 0 atom stereocenters. The van der Waals surface area contributed by atoms with Gasteiger partial charge in [0.25, 0.3) is 0 Å². The molecule has 0 unspecified atom stereocenters. The van der Waals surface area contributed by atoms with E-state index in [9.17, 15) is 8.78 Å². The maximum absolute atomic E-state index is 14.0. The lowest BCUT2D eigenvalue weighted by atomic mass is 10.1. The Morgan fingerprint density at radius 3 is 2.67 bits per heavy atom. The molecule has 5 rings (SSSR count). The minimum Gasteiger partial charge on any atom is -0.367 e. The highest BCUT2D eigenvalue weighted by atomic mass is 19.2. The van der Waals surface area contributed by atoms with Gasteiger partial charge in [0.1, 0.15) is 0 Å². The van der Waals surface area contributed by atoms with Crippen LogP contribution in [0, 0.1) is 11.6 Å². The van der Waals surface area contributed by atoms with Crippen molar-refractivity contribution in [3.05, 3.63) is 79.0 Å². The molecule has 0 fully saturated rings. The third kappa shape index (κ3) is 3.26. The predicted octanol–water partition coefficient (Wildman–Crippen LogP) is 4.53. The first-order valence-electron chi connectivity index (χ1n) is 9.62. The van der Waals surface area contributed by atoms with E-state index < -0.39 is 11.6 Å². The topological polar surface area (TPSA) is 60.0 Å². The van der Waals surface area contributed by atoms with Crippen LogP contribution in [0.2, 0.25) is 0 Å². The van der Waals surface area contributed by atoms with E-state index in [1.54, 1.807) is 18.7 Å². The predicted molar refractivity (Wildman–Crippen MR) is 111 cm³/mol. The molecule has 0 saturated carbocycles. The van der Waals surface area contributed by atoms with Crippen LogP contribution in [-0.2, 0) is 6.54 Å². The van der Waals surface area contributed by atoms with E-state index in [4.69, 9.17) is 0 Å². The van der Waals surface area contributed by atoms with Crippen molar-refractivity contribution in [2.75, 3.05) is 11.9 Å². The molecule has 150 valence electrons. The Morgan fingerprint density at radius 2 is 1.87 bits per heavy atom. The summed E-state index contributed by atoms with van der Waals surface area (Å²) in [5.41, 5.74) is 3.09. The number of fused-ring (bicyclic) bond motifs is 3. The van der Waals surface area contributed by atoms with Crippen molar-refractivity contribution in [2.24, 2.45) is 0 Å². The zero-order valence-electron chi connectivity index (χ0n) is 16.0. The molecular weight excluding hydrogens is 386 g/mol. The summed E-state index contributed by atoms with van der Waals surface area (Å²) in [5, 5.41) is 3.30. The number of anilines is 1. The van der Waals surface area contributed by atoms with Gasteiger partial charge in [-0.3, -0.25) is 4.40 Å². The van der Waals surface area contributed by atoms with Crippen LogP contribution in [0.25, 0.3) is 27.9 Å². The average Bonchev–Trinajstić information content (AvgIpc) is 3.43. The molecule has 8 heteroatoms. The monoisotopic (exact) mass is 404 g/mol. The summed E-state index contributed by atoms with van der Waals surface area (Å²) in [7, 11) is 0. The smallest absolute Gasteiger partial charge is 0.181 e. The van der Waals surface area contributed by atoms with Crippen LogP contribution in [-0.4, -0.2) is 30.5 Å². The molecule has 30 heavy (non-hydrogen) atoms. The third-order valence-electron chi connectivity index (χ3n) is 4.98. The van der Waals surface area contributed by atoms with E-state index in [2.05, 4.69) is 20.3 Å². The summed E-state index contributed by atoms with van der Waals surface area (Å²) >= 11 is 0. The number of hydrogen-bond donors (Lipinski definition) is 1. The van der Waals surface area contributed by atoms with E-state index >= 15 is 0 Å². The molecule has 0 aliphatic rings. The maximum atomic E-state index is 14.0. The zero-order chi connectivity index (χ0) is 20.5. The number of benzene rings is 2. The Labute approximate surface area is 170 Å². The van der Waals surface area contributed by atoms with Crippen molar-refractivity contribution in [2.45, 2.75) is 13.0 Å². The highest BCUT2D eigenvalue weighted by molar-refractivity contribution is 5.86. The summed E-state index contributed by atoms with van der Waals surface area (Å²) in [6.07, 6.45) is 7.98. The molecule has 0 spiro atoms. The first-order valence-corrected chi connectivity index (χ1v) is 9.62. The van der Waals surface area contributed by atoms with Crippen molar-refractivity contribution < 1.29 is 8.78 Å². The molecule has 6 nitrogen and oxygen atoms in total. The molecule has 1 N–H and O–H groups in total. The van der Waals surface area contributed by atoms with Crippen LogP contribution in [0.15, 0.2) is 67.4 Å². The van der Waals surface area contributed by atoms with E-state index in [0.29, 0.717) is 29.0 Å². The fraction of sp³-hybridized carbons (Fsp3) is 0.136. The number of aryl methyl sites for hydroxylation is 1. The molecule has 0 aliphatic heterocycles. The van der Waals surface area contributed by atoms with Gasteiger partial charge in [0, 0.05) is 43.2 Å². The van der Waals surface area contributed by atoms with Crippen molar-refractivity contribution in [1.29, 1.82) is 0 Å². The Balaban J connectivity index is 1.58. The summed E-state index contributed by atoms with van der Waals surface area (Å²) in [6.45, 7) is 1.45. The van der Waals surface area contributed by atoms with Gasteiger partial charge >= 0.3 is 0 Å². The maximum Gasteiger partial charge on any atom is 0.181 e. The fourth-order valence-corrected chi connectivity index (χ4v) is 3.55. The normalized spacial score (nSPS) is 11.4. The van der Waals surface area contributed by atoms with Crippen molar-refractivity contribution in [3.8, 4) is 11.3 Å². The highest BCUT2D eigenvalue weighted by Gasteiger charge is 2.17. The SMILES string of the molecule is Fc1cc2nc(NCCCn3ccnc3)c3ncc(-c4ccccc4)n3c2cc1F. The van der Waals surface area contributed by atoms with Crippen molar-refractivity contribution in [3.63, 3.8) is 0 Å². The molecule has 0 radical (unpaired) electrons. The summed E-state index contributed by atoms with van der Waals surface area (Å²) in [5.74, 6) is -1.32. The third-order valence-corrected chi connectivity index (χ3v) is 4.98. The quantitative estimate of drug-likeness (QED) is 0.423. The number of rotatable bonds is 6. The second-order valence-electron chi connectivity index (χ2n) is 6.96. The van der Waals surface area contributed by atoms with Crippen molar-refractivity contribution in [1.82, 2.24) is 23.9 Å². The second kappa shape index (κ2) is 7.55. The van der Waals surface area contributed by atoms with E-state index in [1.807, 2.05) is 45.5 Å². The molecule has 2 aromatic carbocycles. The van der Waals surface area contributed by atoms with Crippen LogP contribution < -0.4 is 5.32 Å². The number of nitrogens with one attached hydrogen (secondary N) is 1. The largest absolute Gasteiger partial charge is 0.367 e. The van der Waals surface area contributed by atoms with Gasteiger partial charge in [0.15, 0.2) is 23.1 Å². The summed E-state index contributed by atoms with van der Waals surface area (Å²) in [4.78, 5) is 13.1. The molecule has 3 aromatic heterocycles. The summed E-state index contributed by atoms with van der Waals surface area (Å²) < 4.78 is 31.8. The van der Waals surface area contributed by atoms with Crippen LogP contribution in [0.1, 0.15) is 6.42 Å². The molecule has 0 aliphatic carbocycles. The number of imidazole rings is 2. The highest BCUT2D eigenvalue weighted by Crippen LogP contribution is 2.29. The first kappa shape index (κ1) is 18.2. The molecule has 3 heterocycles. The van der Waals surface area contributed by atoms with Gasteiger partial charge in [0.2, 0.25) is 0 Å². The number of hydrogen-bond acceptors (Lipinski definition) is 4. The van der Waals surface area contributed by atoms with E-state index in [1.165, 1.54) is 6.07 Å². The molecular formula is C22H18F2N6. The summed E-state index contributed by atoms with van der Waals surface area (Å²) in [6, 6.07) is 12.0. The second-order valence-corrected chi connectivity index (χ2v) is 6.96. The lowest BCUT2D eigenvalue weighted by Gasteiger charge is -2.12. The van der Waals surface area contributed by atoms with Gasteiger partial charge in [-0.2, -0.15) is 0 Å². The van der Waals surface area contributed by atoms with Gasteiger partial charge in [-0.15, -0.1) is 0 Å². The van der Waals surface area contributed by atoms with E-state index in [-0.39, 0.29) is 0 Å². The number of aromatic nitrogens is 5.